The maximum absolute atomic E-state index is 13.0. The fraction of sp³-hybridized carbons (Fsp3) is 0.375. The summed E-state index contributed by atoms with van der Waals surface area (Å²) >= 11 is 0. The minimum absolute atomic E-state index is 0.114. The molecule has 0 radical (unpaired) electrons. The molecular weight excluding hydrogens is 316 g/mol. The molecule has 0 bridgehead atoms. The molecule has 3 rings (SSSR count). The maximum Gasteiger partial charge on any atom is 0.221 e. The highest BCUT2D eigenvalue weighted by Gasteiger charge is 2.46. The van der Waals surface area contributed by atoms with Gasteiger partial charge in [0.25, 0.3) is 0 Å². The van der Waals surface area contributed by atoms with Crippen LogP contribution in [0.5, 0.6) is 0 Å². The number of nitrogens with zero attached hydrogens (tertiary/aromatic N) is 2. The highest BCUT2D eigenvalue weighted by Crippen LogP contribution is 2.35. The molecule has 0 spiro atoms. The van der Waals surface area contributed by atoms with Gasteiger partial charge in [0.05, 0.1) is 12.9 Å². The molecule has 2 unspecified atom stereocenters. The number of hydrogen-bond donors (Lipinski definition) is 0. The van der Waals surface area contributed by atoms with E-state index in [-0.39, 0.29) is 6.61 Å². The Kier molecular flexibility index (Phi) is 4.54. The number of benzene rings is 1. The number of hydrogen-bond acceptors (Lipinski definition) is 5. The highest BCUT2D eigenvalue weighted by atomic mass is 32.2. The normalized spacial score (nSPS) is 22.7. The third-order valence-corrected chi connectivity index (χ3v) is 6.24. The van der Waals surface area contributed by atoms with Crippen LogP contribution in [0.4, 0.5) is 0 Å². The van der Waals surface area contributed by atoms with E-state index in [9.17, 15) is 8.42 Å². The minimum Gasteiger partial charge on any atom is -0.468 e. The second kappa shape index (κ2) is 6.45. The Morgan fingerprint density at radius 1 is 1.22 bits per heavy atom. The number of furan rings is 1. The first-order chi connectivity index (χ1) is 11.0. The van der Waals surface area contributed by atoms with Crippen molar-refractivity contribution in [1.29, 1.82) is 0 Å². The molecule has 0 saturated carbocycles. The van der Waals surface area contributed by atoms with E-state index in [1.165, 1.54) is 4.31 Å². The Morgan fingerprint density at radius 3 is 2.61 bits per heavy atom. The van der Waals surface area contributed by atoms with Gasteiger partial charge in [-0.3, -0.25) is 4.84 Å². The topological polar surface area (TPSA) is 63.0 Å². The Balaban J connectivity index is 1.83. The molecule has 1 fully saturated rings. The zero-order chi connectivity index (χ0) is 16.4. The summed E-state index contributed by atoms with van der Waals surface area (Å²) in [5.41, 5.74) is 0.945. The smallest absolute Gasteiger partial charge is 0.221 e. The first-order valence-corrected chi connectivity index (χ1v) is 8.88. The first-order valence-electron chi connectivity index (χ1n) is 7.38. The van der Waals surface area contributed by atoms with Crippen molar-refractivity contribution in [3.05, 3.63) is 60.1 Å². The van der Waals surface area contributed by atoms with Crippen LogP contribution in [-0.4, -0.2) is 43.7 Å². The summed E-state index contributed by atoms with van der Waals surface area (Å²) in [6.07, 6.45) is 1.54. The summed E-state index contributed by atoms with van der Waals surface area (Å²) in [7, 11) is -0.219. The van der Waals surface area contributed by atoms with Crippen LogP contribution < -0.4 is 0 Å². The quantitative estimate of drug-likeness (QED) is 0.836. The molecule has 7 heteroatoms. The molecule has 2 aromatic rings. The van der Waals surface area contributed by atoms with E-state index in [2.05, 4.69) is 0 Å². The highest BCUT2D eigenvalue weighted by molar-refractivity contribution is 7.89. The standard InChI is InChI=1S/C16H20N2O4S/c1-17(11-13-7-4-3-5-8-13)23(19,20)15-12-22-18(2)16(15)14-9-6-10-21-14/h3-10,15-16H,11-12H2,1-2H3. The summed E-state index contributed by atoms with van der Waals surface area (Å²) < 4.78 is 32.7. The van der Waals surface area contributed by atoms with Crippen LogP contribution >= 0.6 is 0 Å². The summed E-state index contributed by atoms with van der Waals surface area (Å²) in [4.78, 5) is 5.46. The van der Waals surface area contributed by atoms with Gasteiger partial charge in [-0.1, -0.05) is 30.3 Å². The van der Waals surface area contributed by atoms with Gasteiger partial charge in [0, 0.05) is 20.6 Å². The van der Waals surface area contributed by atoms with Crippen molar-refractivity contribution in [3.63, 3.8) is 0 Å². The largest absolute Gasteiger partial charge is 0.468 e. The molecule has 2 atom stereocenters. The SMILES string of the molecule is CN1OCC(S(=O)(=O)N(C)Cc2ccccc2)C1c1ccco1. The maximum atomic E-state index is 13.0. The van der Waals surface area contributed by atoms with E-state index in [0.717, 1.165) is 5.56 Å². The summed E-state index contributed by atoms with van der Waals surface area (Å²) in [6, 6.07) is 12.6. The van der Waals surface area contributed by atoms with Gasteiger partial charge in [0.2, 0.25) is 10.0 Å². The molecule has 23 heavy (non-hydrogen) atoms. The summed E-state index contributed by atoms with van der Waals surface area (Å²) in [5.74, 6) is 0.590. The molecule has 0 N–H and O–H groups in total. The molecule has 124 valence electrons. The third-order valence-electron chi connectivity index (χ3n) is 4.09. The Hall–Kier alpha value is -1.67. The van der Waals surface area contributed by atoms with Gasteiger partial charge in [-0.05, 0) is 17.7 Å². The lowest BCUT2D eigenvalue weighted by Gasteiger charge is -2.25. The molecule has 6 nitrogen and oxygen atoms in total. The van der Waals surface area contributed by atoms with Gasteiger partial charge >= 0.3 is 0 Å². The predicted molar refractivity (Wildman–Crippen MR) is 85.8 cm³/mol. The second-order valence-corrected chi connectivity index (χ2v) is 7.89. The van der Waals surface area contributed by atoms with Crippen LogP contribution in [0.15, 0.2) is 53.1 Å². The number of hydroxylamine groups is 2. The zero-order valence-electron chi connectivity index (χ0n) is 13.1. The average Bonchev–Trinajstić information content (AvgIpc) is 3.17. The van der Waals surface area contributed by atoms with Crippen molar-refractivity contribution in [2.24, 2.45) is 0 Å². The van der Waals surface area contributed by atoms with E-state index < -0.39 is 21.3 Å². The monoisotopic (exact) mass is 336 g/mol. The second-order valence-electron chi connectivity index (χ2n) is 5.63. The Labute approximate surface area is 136 Å². The summed E-state index contributed by atoms with van der Waals surface area (Å²) in [5, 5.41) is 0.851. The minimum atomic E-state index is -3.54. The molecule has 0 amide bonds. The lowest BCUT2D eigenvalue weighted by atomic mass is 10.2. The average molecular weight is 336 g/mol. The predicted octanol–water partition coefficient (Wildman–Crippen LogP) is 2.03. The van der Waals surface area contributed by atoms with Crippen molar-refractivity contribution >= 4 is 10.0 Å². The van der Waals surface area contributed by atoms with Crippen LogP contribution in [-0.2, 0) is 21.4 Å². The van der Waals surface area contributed by atoms with Gasteiger partial charge in [-0.25, -0.2) is 12.7 Å². The van der Waals surface area contributed by atoms with E-state index in [1.807, 2.05) is 30.3 Å². The summed E-state index contributed by atoms with van der Waals surface area (Å²) in [6.45, 7) is 0.442. The van der Waals surface area contributed by atoms with Crippen molar-refractivity contribution in [1.82, 2.24) is 9.37 Å². The van der Waals surface area contributed by atoms with Gasteiger partial charge in [0.15, 0.2) is 0 Å². The molecule has 1 aromatic heterocycles. The molecule has 1 aliphatic rings. The van der Waals surface area contributed by atoms with E-state index >= 15 is 0 Å². The van der Waals surface area contributed by atoms with Crippen molar-refractivity contribution in [3.8, 4) is 0 Å². The Morgan fingerprint density at radius 2 is 1.96 bits per heavy atom. The lowest BCUT2D eigenvalue weighted by Crippen LogP contribution is -2.40. The van der Waals surface area contributed by atoms with Crippen LogP contribution in [0.2, 0.25) is 0 Å². The lowest BCUT2D eigenvalue weighted by molar-refractivity contribution is -0.113. The van der Waals surface area contributed by atoms with E-state index in [0.29, 0.717) is 12.3 Å². The zero-order valence-corrected chi connectivity index (χ0v) is 13.9. The van der Waals surface area contributed by atoms with Gasteiger partial charge in [-0.15, -0.1) is 0 Å². The van der Waals surface area contributed by atoms with Crippen molar-refractivity contribution in [2.75, 3.05) is 20.7 Å². The first kappa shape index (κ1) is 16.2. The third kappa shape index (κ3) is 3.18. The van der Waals surface area contributed by atoms with Crippen molar-refractivity contribution < 1.29 is 17.7 Å². The molecule has 1 aromatic carbocycles. The molecule has 2 heterocycles. The van der Waals surface area contributed by atoms with E-state index in [4.69, 9.17) is 9.25 Å². The molecule has 1 aliphatic heterocycles. The molecule has 0 aliphatic carbocycles. The molecule has 1 saturated heterocycles. The Bertz CT molecular complexity index is 731. The molecular formula is C16H20N2O4S. The van der Waals surface area contributed by atoms with Crippen LogP contribution in [0.1, 0.15) is 17.4 Å². The van der Waals surface area contributed by atoms with Gasteiger partial charge in [-0.2, -0.15) is 5.06 Å². The number of rotatable bonds is 5. The van der Waals surface area contributed by atoms with Crippen LogP contribution in [0.3, 0.4) is 0 Å². The van der Waals surface area contributed by atoms with Crippen LogP contribution in [0, 0.1) is 0 Å². The fourth-order valence-corrected chi connectivity index (χ4v) is 4.48. The van der Waals surface area contributed by atoms with Gasteiger partial charge in [0.1, 0.15) is 17.1 Å². The van der Waals surface area contributed by atoms with Crippen LogP contribution in [0.25, 0.3) is 0 Å². The van der Waals surface area contributed by atoms with Crippen molar-refractivity contribution in [2.45, 2.75) is 17.8 Å². The van der Waals surface area contributed by atoms with Gasteiger partial charge < -0.3 is 4.42 Å². The van der Waals surface area contributed by atoms with E-state index in [1.54, 1.807) is 37.6 Å². The fourth-order valence-electron chi connectivity index (χ4n) is 2.83. The number of sulfonamides is 1.